The summed E-state index contributed by atoms with van der Waals surface area (Å²) in [5, 5.41) is 10.6. The van der Waals surface area contributed by atoms with Crippen LogP contribution >= 0.6 is 0 Å². The summed E-state index contributed by atoms with van der Waals surface area (Å²) in [5.74, 6) is 0.173. The maximum atomic E-state index is 12.0. The summed E-state index contributed by atoms with van der Waals surface area (Å²) in [4.78, 5) is 22.1. The van der Waals surface area contributed by atoms with E-state index in [1.54, 1.807) is 0 Å². The molecule has 0 radical (unpaired) electrons. The Balaban J connectivity index is 2.04. The number of nitrogens with two attached hydrogens (primary N) is 1. The van der Waals surface area contributed by atoms with Gasteiger partial charge in [-0.25, -0.2) is 4.79 Å². The zero-order chi connectivity index (χ0) is 14.7. The minimum atomic E-state index is -0.548. The molecule has 2 N–H and O–H groups in total. The number of non-ortho nitro benzene ring substituents is 1. The molecule has 0 amide bonds. The summed E-state index contributed by atoms with van der Waals surface area (Å²) in [6, 6.07) is 3.79. The first kappa shape index (κ1) is 14.3. The molecule has 6 nitrogen and oxygen atoms in total. The van der Waals surface area contributed by atoms with Gasteiger partial charge in [-0.05, 0) is 37.7 Å². The smallest absolute Gasteiger partial charge is 0.340 e. The number of nitrogens with zero attached hydrogens (tertiary/aromatic N) is 1. The van der Waals surface area contributed by atoms with Crippen LogP contribution in [0.3, 0.4) is 0 Å². The van der Waals surface area contributed by atoms with Crippen molar-refractivity contribution < 1.29 is 14.5 Å². The fraction of sp³-hybridized carbons (Fsp3) is 0.500. The molecule has 6 heteroatoms. The van der Waals surface area contributed by atoms with Crippen molar-refractivity contribution >= 4 is 17.3 Å². The molecule has 1 aromatic carbocycles. The van der Waals surface area contributed by atoms with Crippen molar-refractivity contribution in [3.05, 3.63) is 33.9 Å². The predicted molar refractivity (Wildman–Crippen MR) is 74.3 cm³/mol. The van der Waals surface area contributed by atoms with Gasteiger partial charge in [-0.15, -0.1) is 0 Å². The summed E-state index contributed by atoms with van der Waals surface area (Å²) < 4.78 is 5.42. The van der Waals surface area contributed by atoms with Crippen LogP contribution in [0.15, 0.2) is 18.2 Å². The molecule has 0 aliphatic heterocycles. The quantitative estimate of drug-likeness (QED) is 0.397. The van der Waals surface area contributed by atoms with Crippen LogP contribution in [0.25, 0.3) is 0 Å². The fourth-order valence-corrected chi connectivity index (χ4v) is 2.41. The Kier molecular flexibility index (Phi) is 4.22. The van der Waals surface area contributed by atoms with Crippen LogP contribution in [0.2, 0.25) is 0 Å². The highest BCUT2D eigenvalue weighted by Gasteiger charge is 2.23. The standard InChI is InChI=1S/C14H18N2O4/c1-9-2-5-11(6-3-9)20-14(17)12-7-4-10(16(18)19)8-13(12)15/h4,7-9,11H,2-3,5-6,15H2,1H3. The zero-order valence-electron chi connectivity index (χ0n) is 11.4. The SMILES string of the molecule is CC1CCC(OC(=O)c2ccc([N+](=O)[O-])cc2N)CC1. The topological polar surface area (TPSA) is 95.5 Å². The number of rotatable bonds is 3. The van der Waals surface area contributed by atoms with Crippen LogP contribution in [0.1, 0.15) is 43.0 Å². The van der Waals surface area contributed by atoms with E-state index in [1.807, 2.05) is 0 Å². The van der Waals surface area contributed by atoms with Gasteiger partial charge in [0, 0.05) is 12.1 Å². The van der Waals surface area contributed by atoms with Crippen LogP contribution in [0.5, 0.6) is 0 Å². The zero-order valence-corrected chi connectivity index (χ0v) is 11.4. The minimum absolute atomic E-state index is 0.0757. The number of esters is 1. The molecule has 1 fully saturated rings. The van der Waals surface area contributed by atoms with E-state index in [9.17, 15) is 14.9 Å². The second kappa shape index (κ2) is 5.90. The summed E-state index contributed by atoms with van der Waals surface area (Å²) in [5.41, 5.74) is 5.81. The Morgan fingerprint density at radius 2 is 2.00 bits per heavy atom. The van der Waals surface area contributed by atoms with Crippen molar-refractivity contribution in [1.29, 1.82) is 0 Å². The normalized spacial score (nSPS) is 22.2. The largest absolute Gasteiger partial charge is 0.459 e. The van der Waals surface area contributed by atoms with Gasteiger partial charge in [0.1, 0.15) is 6.10 Å². The summed E-state index contributed by atoms with van der Waals surface area (Å²) >= 11 is 0. The van der Waals surface area contributed by atoms with Gasteiger partial charge in [0.2, 0.25) is 0 Å². The van der Waals surface area contributed by atoms with Crippen molar-refractivity contribution in [3.63, 3.8) is 0 Å². The summed E-state index contributed by atoms with van der Waals surface area (Å²) in [6.45, 7) is 2.19. The first-order valence-corrected chi connectivity index (χ1v) is 6.72. The Bertz CT molecular complexity index is 522. The van der Waals surface area contributed by atoms with Crippen LogP contribution in [0.4, 0.5) is 11.4 Å². The van der Waals surface area contributed by atoms with E-state index in [1.165, 1.54) is 18.2 Å². The molecule has 20 heavy (non-hydrogen) atoms. The van der Waals surface area contributed by atoms with Crippen molar-refractivity contribution in [2.45, 2.75) is 38.7 Å². The third-order valence-corrected chi connectivity index (χ3v) is 3.70. The number of nitrogen functional groups attached to an aromatic ring is 1. The van der Waals surface area contributed by atoms with Gasteiger partial charge in [-0.3, -0.25) is 10.1 Å². The average Bonchev–Trinajstić information content (AvgIpc) is 2.41. The van der Waals surface area contributed by atoms with Crippen molar-refractivity contribution in [2.24, 2.45) is 5.92 Å². The number of nitro groups is 1. The predicted octanol–water partition coefficient (Wildman–Crippen LogP) is 2.91. The third kappa shape index (κ3) is 3.26. The number of ether oxygens (including phenoxy) is 1. The van der Waals surface area contributed by atoms with Crippen LogP contribution < -0.4 is 5.73 Å². The van der Waals surface area contributed by atoms with Gasteiger partial charge in [0.15, 0.2) is 0 Å². The lowest BCUT2D eigenvalue weighted by Crippen LogP contribution is -2.24. The van der Waals surface area contributed by atoms with Gasteiger partial charge >= 0.3 is 5.97 Å². The Morgan fingerprint density at radius 1 is 1.35 bits per heavy atom. The fourth-order valence-electron chi connectivity index (χ4n) is 2.41. The van der Waals surface area contributed by atoms with Crippen molar-refractivity contribution in [1.82, 2.24) is 0 Å². The van der Waals surface area contributed by atoms with E-state index in [0.717, 1.165) is 25.7 Å². The highest BCUT2D eigenvalue weighted by Crippen LogP contribution is 2.27. The first-order chi connectivity index (χ1) is 9.47. The Hall–Kier alpha value is -2.11. The molecular weight excluding hydrogens is 260 g/mol. The lowest BCUT2D eigenvalue weighted by atomic mass is 9.89. The molecule has 0 bridgehead atoms. The van der Waals surface area contributed by atoms with Crippen molar-refractivity contribution in [3.8, 4) is 0 Å². The van der Waals surface area contributed by atoms with Crippen molar-refractivity contribution in [2.75, 3.05) is 5.73 Å². The Morgan fingerprint density at radius 3 is 2.55 bits per heavy atom. The highest BCUT2D eigenvalue weighted by atomic mass is 16.6. The molecule has 0 saturated heterocycles. The van der Waals surface area contributed by atoms with Gasteiger partial charge in [-0.2, -0.15) is 0 Å². The molecule has 1 aliphatic rings. The second-order valence-electron chi connectivity index (χ2n) is 5.32. The first-order valence-electron chi connectivity index (χ1n) is 6.72. The Labute approximate surface area is 117 Å². The number of carbonyl (C=O) groups is 1. The highest BCUT2D eigenvalue weighted by molar-refractivity contribution is 5.95. The van der Waals surface area contributed by atoms with E-state index in [4.69, 9.17) is 10.5 Å². The van der Waals surface area contributed by atoms with E-state index < -0.39 is 10.9 Å². The number of anilines is 1. The van der Waals surface area contributed by atoms with E-state index in [2.05, 4.69) is 6.92 Å². The van der Waals surface area contributed by atoms with Crippen LogP contribution in [-0.2, 0) is 4.74 Å². The molecule has 1 aliphatic carbocycles. The third-order valence-electron chi connectivity index (χ3n) is 3.70. The second-order valence-corrected chi connectivity index (χ2v) is 5.32. The molecule has 108 valence electrons. The molecule has 0 unspecified atom stereocenters. The molecule has 1 saturated carbocycles. The lowest BCUT2D eigenvalue weighted by molar-refractivity contribution is -0.384. The lowest BCUT2D eigenvalue weighted by Gasteiger charge is -2.26. The molecule has 0 heterocycles. The van der Waals surface area contributed by atoms with Crippen LogP contribution in [0, 0.1) is 16.0 Å². The maximum absolute atomic E-state index is 12.0. The summed E-state index contributed by atoms with van der Waals surface area (Å²) in [6.07, 6.45) is 3.74. The average molecular weight is 278 g/mol. The molecular formula is C14H18N2O4. The van der Waals surface area contributed by atoms with Gasteiger partial charge in [0.25, 0.3) is 5.69 Å². The molecule has 2 rings (SSSR count). The monoisotopic (exact) mass is 278 g/mol. The molecule has 0 aromatic heterocycles. The number of hydrogen-bond acceptors (Lipinski definition) is 5. The molecule has 1 aromatic rings. The summed E-state index contributed by atoms with van der Waals surface area (Å²) in [7, 11) is 0. The van der Waals surface area contributed by atoms with Gasteiger partial charge in [-0.1, -0.05) is 6.92 Å². The van der Waals surface area contributed by atoms with E-state index in [0.29, 0.717) is 5.92 Å². The minimum Gasteiger partial charge on any atom is -0.459 e. The molecule has 0 spiro atoms. The van der Waals surface area contributed by atoms with Gasteiger partial charge in [0.05, 0.1) is 16.2 Å². The van der Waals surface area contributed by atoms with Crippen LogP contribution in [-0.4, -0.2) is 17.0 Å². The number of hydrogen-bond donors (Lipinski definition) is 1. The molecule has 0 atom stereocenters. The number of nitro benzene ring substituents is 1. The maximum Gasteiger partial charge on any atom is 0.340 e. The van der Waals surface area contributed by atoms with E-state index in [-0.39, 0.29) is 23.0 Å². The van der Waals surface area contributed by atoms with E-state index >= 15 is 0 Å². The van der Waals surface area contributed by atoms with Gasteiger partial charge < -0.3 is 10.5 Å². The number of carbonyl (C=O) groups excluding carboxylic acids is 1. The number of benzene rings is 1.